The number of carboxylic acid groups (broad SMARTS) is 2. The van der Waals surface area contributed by atoms with Crippen LogP contribution in [0.2, 0.25) is 0 Å². The fraction of sp³-hybridized carbons (Fsp3) is 0.529. The molecule has 2 aromatic rings. The number of ether oxygens (including phenoxy) is 3. The molecule has 0 radical (unpaired) electrons. The van der Waals surface area contributed by atoms with Gasteiger partial charge in [0.2, 0.25) is 0 Å². The van der Waals surface area contributed by atoms with Gasteiger partial charge in [-0.05, 0) is 54.8 Å². The lowest BCUT2D eigenvalue weighted by Crippen LogP contribution is -3.10. The maximum absolute atomic E-state index is 12.9. The zero-order chi connectivity index (χ0) is 34.3. The molecule has 2 heterocycles. The first-order chi connectivity index (χ1) is 22.5. The Bertz CT molecular complexity index is 1310. The van der Waals surface area contributed by atoms with Gasteiger partial charge in [-0.1, -0.05) is 12.5 Å². The predicted molar refractivity (Wildman–Crippen MR) is 168 cm³/mol. The SMILES string of the molecule is COc1ccc(C(=O)CCCCCC(=O)C[C@H](C[NH+]2CCCC2)C(O)c2ccc3c(c2)OCCO3)cc1.O=C(O)C(O)[C@H](O)C(=O)O. The summed E-state index contributed by atoms with van der Waals surface area (Å²) in [6, 6.07) is 12.8. The van der Waals surface area contributed by atoms with Gasteiger partial charge < -0.3 is 44.6 Å². The van der Waals surface area contributed by atoms with Crippen LogP contribution in [0, 0.1) is 5.92 Å². The molecule has 0 aromatic heterocycles. The number of unbranched alkanes of at least 4 members (excludes halogenated alkanes) is 2. The van der Waals surface area contributed by atoms with Gasteiger partial charge in [-0.2, -0.15) is 0 Å². The zero-order valence-corrected chi connectivity index (χ0v) is 26.6. The summed E-state index contributed by atoms with van der Waals surface area (Å²) in [7, 11) is 1.60. The molecule has 1 fully saturated rings. The lowest BCUT2D eigenvalue weighted by molar-refractivity contribution is -0.891. The summed E-state index contributed by atoms with van der Waals surface area (Å²) < 4.78 is 16.5. The summed E-state index contributed by atoms with van der Waals surface area (Å²) in [5.74, 6) is -1.29. The number of aliphatic hydroxyl groups is 3. The number of carbonyl (C=O) groups is 4. The predicted octanol–water partition coefficient (Wildman–Crippen LogP) is 1.46. The second-order valence-corrected chi connectivity index (χ2v) is 11.8. The Labute approximate surface area is 273 Å². The lowest BCUT2D eigenvalue weighted by Gasteiger charge is -2.26. The molecule has 13 nitrogen and oxygen atoms in total. The molecule has 6 N–H and O–H groups in total. The van der Waals surface area contributed by atoms with Gasteiger partial charge in [-0.15, -0.1) is 0 Å². The van der Waals surface area contributed by atoms with Crippen LogP contribution in [0.1, 0.15) is 73.4 Å². The minimum atomic E-state index is -2.27. The molecule has 0 bridgehead atoms. The quantitative estimate of drug-likeness (QED) is 0.106. The number of ketones is 2. The van der Waals surface area contributed by atoms with E-state index in [2.05, 4.69) is 0 Å². The number of rotatable bonds is 17. The Balaban J connectivity index is 0.000000520. The van der Waals surface area contributed by atoms with Crippen molar-refractivity contribution in [3.05, 3.63) is 53.6 Å². The van der Waals surface area contributed by atoms with Gasteiger partial charge in [0.25, 0.3) is 0 Å². The lowest BCUT2D eigenvalue weighted by atomic mass is 9.89. The topological polar surface area (TPSA) is 202 Å². The highest BCUT2D eigenvalue weighted by atomic mass is 16.6. The van der Waals surface area contributed by atoms with Crippen molar-refractivity contribution in [2.24, 2.45) is 5.92 Å². The maximum atomic E-state index is 12.9. The number of aliphatic carboxylic acids is 2. The fourth-order valence-electron chi connectivity index (χ4n) is 5.63. The summed E-state index contributed by atoms with van der Waals surface area (Å²) in [6.45, 7) is 4.01. The van der Waals surface area contributed by atoms with Crippen LogP contribution in [0.15, 0.2) is 42.5 Å². The third kappa shape index (κ3) is 11.9. The van der Waals surface area contributed by atoms with E-state index in [9.17, 15) is 24.3 Å². The molecule has 2 aromatic carbocycles. The van der Waals surface area contributed by atoms with E-state index in [1.807, 2.05) is 18.2 Å². The average Bonchev–Trinajstić information content (AvgIpc) is 3.60. The van der Waals surface area contributed by atoms with Crippen LogP contribution in [-0.4, -0.2) is 101 Å². The van der Waals surface area contributed by atoms with E-state index in [-0.39, 0.29) is 17.5 Å². The van der Waals surface area contributed by atoms with Crippen LogP contribution in [0.4, 0.5) is 0 Å². The fourth-order valence-corrected chi connectivity index (χ4v) is 5.63. The molecule has 0 aliphatic carbocycles. The van der Waals surface area contributed by atoms with Crippen LogP contribution in [0.25, 0.3) is 0 Å². The second kappa shape index (κ2) is 18.9. The van der Waals surface area contributed by atoms with E-state index in [4.69, 9.17) is 34.6 Å². The number of Topliss-reactive ketones (excluding diaryl/α,β-unsaturated/α-hetero) is 2. The Morgan fingerprint density at radius 2 is 1.40 bits per heavy atom. The number of methoxy groups -OCH3 is 1. The molecule has 2 unspecified atom stereocenters. The van der Waals surface area contributed by atoms with Crippen LogP contribution in [-0.2, 0) is 14.4 Å². The Morgan fingerprint density at radius 1 is 0.809 bits per heavy atom. The molecule has 4 rings (SSSR count). The number of likely N-dealkylation sites (tertiary alicyclic amines) is 1. The monoisotopic (exact) mass is 660 g/mol. The van der Waals surface area contributed by atoms with E-state index in [0.29, 0.717) is 49.5 Å². The molecule has 13 heteroatoms. The van der Waals surface area contributed by atoms with E-state index in [1.54, 1.807) is 31.4 Å². The first kappa shape index (κ1) is 37.4. The molecule has 258 valence electrons. The Morgan fingerprint density at radius 3 is 2.00 bits per heavy atom. The maximum Gasteiger partial charge on any atom is 0.335 e. The standard InChI is InChI=1S/C30H39NO6.C4H6O6/c1-35-26-12-9-22(10-13-26)27(33)8-4-2-3-7-25(32)19-24(21-31-15-5-6-16-31)30(34)23-11-14-28-29(20-23)37-18-17-36-28;5-1(3(7)8)2(6)4(9)10/h9-14,20,24,30,34H,2-8,15-19,21H2,1H3;1-2,5-6H,(H,7,8)(H,9,10)/p+1/t24-,30?;1-,2?/m10/s1. The smallest absolute Gasteiger partial charge is 0.335 e. The minimum Gasteiger partial charge on any atom is -0.497 e. The van der Waals surface area contributed by atoms with E-state index < -0.39 is 30.3 Å². The summed E-state index contributed by atoms with van der Waals surface area (Å²) in [6.07, 6.45) is 0.823. The highest BCUT2D eigenvalue weighted by Gasteiger charge is 2.31. The number of quaternary nitrogens is 1. The van der Waals surface area contributed by atoms with Crippen LogP contribution in [0.3, 0.4) is 0 Å². The van der Waals surface area contributed by atoms with Gasteiger partial charge >= 0.3 is 11.9 Å². The van der Waals surface area contributed by atoms with E-state index >= 15 is 0 Å². The van der Waals surface area contributed by atoms with Crippen LogP contribution >= 0.6 is 0 Å². The van der Waals surface area contributed by atoms with Gasteiger partial charge in [0.1, 0.15) is 24.7 Å². The Hall–Kier alpha value is -4.04. The first-order valence-electron chi connectivity index (χ1n) is 15.9. The van der Waals surface area contributed by atoms with E-state index in [0.717, 1.165) is 50.2 Å². The highest BCUT2D eigenvalue weighted by molar-refractivity contribution is 5.96. The van der Waals surface area contributed by atoms with Crippen molar-refractivity contribution in [3.8, 4) is 17.2 Å². The van der Waals surface area contributed by atoms with Crippen molar-refractivity contribution in [3.63, 3.8) is 0 Å². The van der Waals surface area contributed by atoms with Crippen LogP contribution in [0.5, 0.6) is 17.2 Å². The molecule has 2 aliphatic rings. The largest absolute Gasteiger partial charge is 0.497 e. The highest BCUT2D eigenvalue weighted by Crippen LogP contribution is 2.35. The molecule has 2 aliphatic heterocycles. The van der Waals surface area contributed by atoms with Crippen molar-refractivity contribution in [1.29, 1.82) is 0 Å². The van der Waals surface area contributed by atoms with Crippen molar-refractivity contribution < 1.29 is 63.8 Å². The Kier molecular flexibility index (Phi) is 15.1. The van der Waals surface area contributed by atoms with Crippen molar-refractivity contribution in [2.75, 3.05) is 40.0 Å². The normalized spacial score (nSPS) is 16.6. The number of fused-ring (bicyclic) bond motifs is 1. The van der Waals surface area contributed by atoms with Gasteiger partial charge in [-0.25, -0.2) is 9.59 Å². The van der Waals surface area contributed by atoms with Gasteiger partial charge in [0, 0.05) is 43.6 Å². The van der Waals surface area contributed by atoms with Gasteiger partial charge in [-0.3, -0.25) is 9.59 Å². The minimum absolute atomic E-state index is 0.116. The molecular formula is C34H46NO12+. The molecule has 0 saturated carbocycles. The third-order valence-corrected chi connectivity index (χ3v) is 8.28. The number of aliphatic hydroxyl groups excluding tert-OH is 3. The molecular weight excluding hydrogens is 614 g/mol. The first-order valence-corrected chi connectivity index (χ1v) is 15.9. The summed E-state index contributed by atoms with van der Waals surface area (Å²) in [4.78, 5) is 46.3. The van der Waals surface area contributed by atoms with Crippen LogP contribution < -0.4 is 19.1 Å². The summed E-state index contributed by atoms with van der Waals surface area (Å²) in [5, 5.41) is 43.8. The summed E-state index contributed by atoms with van der Waals surface area (Å²) >= 11 is 0. The van der Waals surface area contributed by atoms with Crippen molar-refractivity contribution in [2.45, 2.75) is 69.7 Å². The molecule has 1 saturated heterocycles. The van der Waals surface area contributed by atoms with Crippen molar-refractivity contribution >= 4 is 23.5 Å². The summed E-state index contributed by atoms with van der Waals surface area (Å²) in [5.41, 5.74) is 1.47. The second-order valence-electron chi connectivity index (χ2n) is 11.8. The molecule has 0 amide bonds. The number of nitrogens with one attached hydrogen (secondary N) is 1. The third-order valence-electron chi connectivity index (χ3n) is 8.28. The van der Waals surface area contributed by atoms with Gasteiger partial charge in [0.05, 0.1) is 32.8 Å². The molecule has 47 heavy (non-hydrogen) atoms. The zero-order valence-electron chi connectivity index (χ0n) is 26.6. The van der Waals surface area contributed by atoms with E-state index in [1.165, 1.54) is 17.7 Å². The van der Waals surface area contributed by atoms with Crippen molar-refractivity contribution in [1.82, 2.24) is 0 Å². The average molecular weight is 661 g/mol. The number of benzene rings is 2. The molecule has 4 atom stereocenters. The number of hydrogen-bond acceptors (Lipinski definition) is 10. The number of carboxylic acids is 2. The number of hydrogen-bond donors (Lipinski definition) is 6. The van der Waals surface area contributed by atoms with Gasteiger partial charge in [0.15, 0.2) is 29.5 Å². The molecule has 0 spiro atoms. The number of carbonyl (C=O) groups excluding carboxylic acids is 2.